The Balaban J connectivity index is 1.80. The van der Waals surface area contributed by atoms with Crippen molar-refractivity contribution in [2.45, 2.75) is 30.2 Å². The molecule has 0 saturated heterocycles. The van der Waals surface area contributed by atoms with Crippen LogP contribution in [-0.4, -0.2) is 51.5 Å². The molecule has 7 nitrogen and oxygen atoms in total. The summed E-state index contributed by atoms with van der Waals surface area (Å²) in [5.41, 5.74) is 1.19. The first-order valence-electron chi connectivity index (χ1n) is 9.96. The number of ether oxygens (including phenoxy) is 1. The molecule has 2 rings (SSSR count). The number of hydrogen-bond acceptors (Lipinski definition) is 6. The summed E-state index contributed by atoms with van der Waals surface area (Å²) in [4.78, 5) is 24.5. The normalized spacial score (nSPS) is 12.2. The molecule has 0 bridgehead atoms. The van der Waals surface area contributed by atoms with Crippen LogP contribution in [0.25, 0.3) is 0 Å². The first-order valence-corrected chi connectivity index (χ1v) is 12.8. The molecule has 1 atom stereocenters. The Morgan fingerprint density at radius 3 is 2.32 bits per heavy atom. The van der Waals surface area contributed by atoms with Crippen LogP contribution in [0.4, 0.5) is 0 Å². The molecule has 2 aromatic carbocycles. The van der Waals surface area contributed by atoms with Gasteiger partial charge in [0.25, 0.3) is 5.91 Å². The van der Waals surface area contributed by atoms with Crippen molar-refractivity contribution in [3.63, 3.8) is 0 Å². The number of nitrogens with one attached hydrogen (secondary N) is 2. The zero-order chi connectivity index (χ0) is 22.5. The number of carbonyl (C=O) groups excluding carboxylic acids is 2. The summed E-state index contributed by atoms with van der Waals surface area (Å²) in [7, 11) is -3.88. The quantitative estimate of drug-likeness (QED) is 0.349. The van der Waals surface area contributed by atoms with Gasteiger partial charge in [0.15, 0.2) is 6.61 Å². The molecule has 168 valence electrons. The lowest BCUT2D eigenvalue weighted by Crippen LogP contribution is -2.43. The minimum absolute atomic E-state index is 0.0631. The molecule has 0 heterocycles. The van der Waals surface area contributed by atoms with Crippen molar-refractivity contribution in [3.05, 3.63) is 66.2 Å². The van der Waals surface area contributed by atoms with Crippen LogP contribution in [0.5, 0.6) is 0 Å². The van der Waals surface area contributed by atoms with Gasteiger partial charge >= 0.3 is 5.97 Å². The zero-order valence-electron chi connectivity index (χ0n) is 17.5. The molecule has 31 heavy (non-hydrogen) atoms. The highest BCUT2D eigenvalue weighted by molar-refractivity contribution is 7.98. The minimum Gasteiger partial charge on any atom is -0.454 e. The summed E-state index contributed by atoms with van der Waals surface area (Å²) in [6.45, 7) is 0.00875. The standard InChI is InChI=1S/C22H28N2O5S2/c1-30-16-14-20(24-31(27,28)19-12-6-3-7-13-19)22(26)29-17-21(25)23-15-8-11-18-9-4-2-5-10-18/h2-7,9-10,12-13,20,24H,8,11,14-17H2,1H3,(H,23,25)/t20-/m0/s1. The maximum atomic E-state index is 12.5. The molecule has 1 amide bonds. The van der Waals surface area contributed by atoms with E-state index in [0.29, 0.717) is 12.3 Å². The molecule has 0 unspecified atom stereocenters. The van der Waals surface area contributed by atoms with E-state index < -0.39 is 34.5 Å². The zero-order valence-corrected chi connectivity index (χ0v) is 19.1. The third kappa shape index (κ3) is 9.12. The molecule has 2 N–H and O–H groups in total. The third-order valence-corrected chi connectivity index (χ3v) is 6.53. The predicted octanol–water partition coefficient (Wildman–Crippen LogP) is 2.38. The van der Waals surface area contributed by atoms with Crippen molar-refractivity contribution in [1.29, 1.82) is 0 Å². The molecule has 0 spiro atoms. The van der Waals surface area contributed by atoms with Crippen molar-refractivity contribution >= 4 is 33.7 Å². The van der Waals surface area contributed by atoms with Crippen LogP contribution in [0.2, 0.25) is 0 Å². The molecule has 0 saturated carbocycles. The highest BCUT2D eigenvalue weighted by atomic mass is 32.2. The number of esters is 1. The number of carbonyl (C=O) groups is 2. The van der Waals surface area contributed by atoms with Gasteiger partial charge in [-0.1, -0.05) is 48.5 Å². The fraction of sp³-hybridized carbons (Fsp3) is 0.364. The fourth-order valence-electron chi connectivity index (χ4n) is 2.77. The number of rotatable bonds is 13. The number of aryl methyl sites for hydroxylation is 1. The van der Waals surface area contributed by atoms with Gasteiger partial charge in [-0.3, -0.25) is 9.59 Å². The average molecular weight is 465 g/mol. The molecule has 0 aliphatic heterocycles. The second-order valence-electron chi connectivity index (χ2n) is 6.82. The van der Waals surface area contributed by atoms with Gasteiger partial charge in [0.05, 0.1) is 4.90 Å². The van der Waals surface area contributed by atoms with Crippen molar-refractivity contribution < 1.29 is 22.7 Å². The van der Waals surface area contributed by atoms with Gasteiger partial charge < -0.3 is 10.1 Å². The van der Waals surface area contributed by atoms with Crippen LogP contribution in [-0.2, 0) is 30.8 Å². The molecule has 0 aliphatic carbocycles. The predicted molar refractivity (Wildman–Crippen MR) is 122 cm³/mol. The summed E-state index contributed by atoms with van der Waals surface area (Å²) in [5, 5.41) is 2.71. The Labute approximate surface area is 188 Å². The second-order valence-corrected chi connectivity index (χ2v) is 9.51. The van der Waals surface area contributed by atoms with Gasteiger partial charge in [-0.2, -0.15) is 16.5 Å². The van der Waals surface area contributed by atoms with E-state index in [1.807, 2.05) is 36.6 Å². The second kappa shape index (κ2) is 13.1. The van der Waals surface area contributed by atoms with Gasteiger partial charge in [0, 0.05) is 6.54 Å². The van der Waals surface area contributed by atoms with Gasteiger partial charge in [0.1, 0.15) is 6.04 Å². The van der Waals surface area contributed by atoms with Crippen molar-refractivity contribution in [2.24, 2.45) is 0 Å². The number of amides is 1. The highest BCUT2D eigenvalue weighted by Crippen LogP contribution is 2.11. The molecule has 0 aliphatic rings. The Kier molecular flexibility index (Phi) is 10.6. The van der Waals surface area contributed by atoms with Gasteiger partial charge in [-0.15, -0.1) is 0 Å². The van der Waals surface area contributed by atoms with Gasteiger partial charge in [-0.25, -0.2) is 8.42 Å². The molecule has 0 radical (unpaired) electrons. The number of thioether (sulfide) groups is 1. The summed E-state index contributed by atoms with van der Waals surface area (Å²) >= 11 is 1.48. The summed E-state index contributed by atoms with van der Waals surface area (Å²) in [6.07, 6.45) is 3.71. The SMILES string of the molecule is CSCC[C@H](NS(=O)(=O)c1ccccc1)C(=O)OCC(=O)NCCCc1ccccc1. The lowest BCUT2D eigenvalue weighted by Gasteiger charge is -2.17. The van der Waals surface area contributed by atoms with Gasteiger partial charge in [-0.05, 0) is 49.0 Å². The van der Waals surface area contributed by atoms with Crippen LogP contribution in [0.1, 0.15) is 18.4 Å². The molecule has 9 heteroatoms. The maximum Gasteiger partial charge on any atom is 0.324 e. The summed E-state index contributed by atoms with van der Waals surface area (Å²) in [6, 6.07) is 16.7. The van der Waals surface area contributed by atoms with Crippen LogP contribution >= 0.6 is 11.8 Å². The first kappa shape index (κ1) is 24.9. The first-order chi connectivity index (χ1) is 14.9. The largest absolute Gasteiger partial charge is 0.454 e. The van der Waals surface area contributed by atoms with Crippen LogP contribution in [0, 0.1) is 0 Å². The Hall–Kier alpha value is -2.36. The van der Waals surface area contributed by atoms with Crippen molar-refractivity contribution in [1.82, 2.24) is 10.0 Å². The van der Waals surface area contributed by atoms with Crippen LogP contribution in [0.15, 0.2) is 65.6 Å². The van der Waals surface area contributed by atoms with E-state index in [1.54, 1.807) is 18.2 Å². The average Bonchev–Trinajstić information content (AvgIpc) is 2.79. The van der Waals surface area contributed by atoms with E-state index in [4.69, 9.17) is 4.74 Å². The van der Waals surface area contributed by atoms with E-state index in [9.17, 15) is 18.0 Å². The molecular formula is C22H28N2O5S2. The van der Waals surface area contributed by atoms with Gasteiger partial charge in [0.2, 0.25) is 10.0 Å². The lowest BCUT2D eigenvalue weighted by molar-refractivity contribution is -0.150. The summed E-state index contributed by atoms with van der Waals surface area (Å²) in [5.74, 6) is -0.633. The van der Waals surface area contributed by atoms with Crippen molar-refractivity contribution in [3.8, 4) is 0 Å². The molecule has 0 aromatic heterocycles. The van der Waals surface area contributed by atoms with E-state index in [1.165, 1.54) is 29.5 Å². The Morgan fingerprint density at radius 1 is 1.03 bits per heavy atom. The van der Waals surface area contributed by atoms with Crippen LogP contribution < -0.4 is 10.0 Å². The lowest BCUT2D eigenvalue weighted by atomic mass is 10.1. The van der Waals surface area contributed by atoms with Crippen LogP contribution in [0.3, 0.4) is 0 Å². The molecule has 2 aromatic rings. The highest BCUT2D eigenvalue weighted by Gasteiger charge is 2.27. The maximum absolute atomic E-state index is 12.5. The number of sulfonamides is 1. The van der Waals surface area contributed by atoms with Crippen molar-refractivity contribution in [2.75, 3.05) is 25.2 Å². The molecule has 0 fully saturated rings. The van der Waals surface area contributed by atoms with E-state index >= 15 is 0 Å². The topological polar surface area (TPSA) is 102 Å². The van der Waals surface area contributed by atoms with E-state index in [2.05, 4.69) is 10.0 Å². The van der Waals surface area contributed by atoms with E-state index in [0.717, 1.165) is 12.8 Å². The number of hydrogen-bond donors (Lipinski definition) is 2. The molecular weight excluding hydrogens is 436 g/mol. The Morgan fingerprint density at radius 2 is 1.68 bits per heavy atom. The fourth-order valence-corrected chi connectivity index (χ4v) is 4.48. The number of benzene rings is 2. The monoisotopic (exact) mass is 464 g/mol. The third-order valence-electron chi connectivity index (χ3n) is 4.40. The Bertz CT molecular complexity index is 921. The summed E-state index contributed by atoms with van der Waals surface area (Å²) < 4.78 is 32.5. The minimum atomic E-state index is -3.88. The van der Waals surface area contributed by atoms with E-state index in [-0.39, 0.29) is 11.3 Å². The smallest absolute Gasteiger partial charge is 0.324 e.